The molecule has 0 aliphatic carbocycles. The Labute approximate surface area is 161 Å². The normalized spacial score (nSPS) is 10.7. The topological polar surface area (TPSA) is 94.4 Å². The number of carbonyl (C=O) groups is 2. The van der Waals surface area contributed by atoms with E-state index < -0.39 is 0 Å². The maximum atomic E-state index is 12.6. The number of methoxy groups -OCH3 is 1. The molecule has 0 saturated carbocycles. The first-order valence-electron chi connectivity index (χ1n) is 8.88. The second-order valence-corrected chi connectivity index (χ2v) is 6.25. The highest BCUT2D eigenvalue weighted by atomic mass is 16.5. The van der Waals surface area contributed by atoms with Gasteiger partial charge in [0.15, 0.2) is 0 Å². The van der Waals surface area contributed by atoms with Crippen LogP contribution in [0.3, 0.4) is 0 Å². The zero-order chi connectivity index (χ0) is 20.3. The summed E-state index contributed by atoms with van der Waals surface area (Å²) in [6, 6.07) is 12.3. The van der Waals surface area contributed by atoms with Gasteiger partial charge in [-0.05, 0) is 37.3 Å². The van der Waals surface area contributed by atoms with Gasteiger partial charge < -0.3 is 15.4 Å². The molecule has 0 fully saturated rings. The molecule has 0 saturated heterocycles. The molecule has 0 spiro atoms. The van der Waals surface area contributed by atoms with Crippen LogP contribution in [0.2, 0.25) is 0 Å². The molecule has 146 valence electrons. The minimum absolute atomic E-state index is 0.117. The van der Waals surface area contributed by atoms with Crippen molar-refractivity contribution < 1.29 is 14.3 Å². The molecule has 1 heterocycles. The van der Waals surface area contributed by atoms with Gasteiger partial charge in [-0.1, -0.05) is 12.1 Å². The zero-order valence-electron chi connectivity index (χ0n) is 16.0. The van der Waals surface area contributed by atoms with Crippen molar-refractivity contribution in [3.63, 3.8) is 0 Å². The van der Waals surface area contributed by atoms with Crippen molar-refractivity contribution in [3.05, 3.63) is 52.9 Å². The van der Waals surface area contributed by atoms with Crippen LogP contribution in [-0.2, 0) is 22.7 Å². The van der Waals surface area contributed by atoms with Crippen molar-refractivity contribution in [1.82, 2.24) is 9.13 Å². The maximum Gasteiger partial charge on any atom is 0.329 e. The molecule has 8 heteroatoms. The molecule has 0 atom stereocenters. The molecule has 2 amide bonds. The fourth-order valence-electron chi connectivity index (χ4n) is 3.15. The van der Waals surface area contributed by atoms with Gasteiger partial charge in [0.1, 0.15) is 12.3 Å². The second-order valence-electron chi connectivity index (χ2n) is 6.25. The van der Waals surface area contributed by atoms with Gasteiger partial charge in [-0.25, -0.2) is 4.79 Å². The van der Waals surface area contributed by atoms with E-state index in [4.69, 9.17) is 4.74 Å². The van der Waals surface area contributed by atoms with Crippen LogP contribution in [0.5, 0.6) is 5.75 Å². The average Bonchev–Trinajstić information content (AvgIpc) is 2.93. The molecular formula is C20H22N4O4. The van der Waals surface area contributed by atoms with E-state index in [1.165, 1.54) is 18.6 Å². The molecule has 3 aromatic rings. The van der Waals surface area contributed by atoms with E-state index >= 15 is 0 Å². The van der Waals surface area contributed by atoms with Crippen LogP contribution in [0.1, 0.15) is 13.8 Å². The van der Waals surface area contributed by atoms with Gasteiger partial charge in [-0.2, -0.15) is 0 Å². The number of hydrogen-bond donors (Lipinski definition) is 2. The third-order valence-corrected chi connectivity index (χ3v) is 4.34. The summed E-state index contributed by atoms with van der Waals surface area (Å²) in [4.78, 5) is 36.6. The summed E-state index contributed by atoms with van der Waals surface area (Å²) < 4.78 is 8.29. The quantitative estimate of drug-likeness (QED) is 0.685. The SMILES string of the molecule is CCn1c(=O)n(CC(=O)Nc2ccc(OC)c(NC(C)=O)c2)c2ccccc21. The standard InChI is InChI=1S/C20H22N4O4/c1-4-23-16-7-5-6-8-17(16)24(20(23)27)12-19(26)22-14-9-10-18(28-3)15(11-14)21-13(2)25/h5-11H,4,12H2,1-3H3,(H,21,25)(H,22,26). The molecule has 2 aromatic carbocycles. The van der Waals surface area contributed by atoms with E-state index in [1.54, 1.807) is 22.8 Å². The molecule has 28 heavy (non-hydrogen) atoms. The minimum atomic E-state index is -0.347. The molecule has 0 aliphatic heterocycles. The van der Waals surface area contributed by atoms with Crippen molar-refractivity contribution in [3.8, 4) is 5.75 Å². The van der Waals surface area contributed by atoms with E-state index in [2.05, 4.69) is 10.6 Å². The smallest absolute Gasteiger partial charge is 0.329 e. The number of hydrogen-bond acceptors (Lipinski definition) is 4. The predicted octanol–water partition coefficient (Wildman–Crippen LogP) is 2.43. The van der Waals surface area contributed by atoms with Crippen LogP contribution in [0.4, 0.5) is 11.4 Å². The van der Waals surface area contributed by atoms with Crippen LogP contribution in [0.15, 0.2) is 47.3 Å². The number of amides is 2. The molecule has 3 rings (SSSR count). The number of aromatic nitrogens is 2. The zero-order valence-corrected chi connectivity index (χ0v) is 16.0. The van der Waals surface area contributed by atoms with E-state index in [1.807, 2.05) is 31.2 Å². The molecular weight excluding hydrogens is 360 g/mol. The number of imidazole rings is 1. The van der Waals surface area contributed by atoms with Gasteiger partial charge in [-0.3, -0.25) is 18.7 Å². The van der Waals surface area contributed by atoms with Crippen LogP contribution >= 0.6 is 0 Å². The lowest BCUT2D eigenvalue weighted by Crippen LogP contribution is -2.29. The van der Waals surface area contributed by atoms with E-state index in [-0.39, 0.29) is 24.0 Å². The Balaban J connectivity index is 1.86. The summed E-state index contributed by atoms with van der Waals surface area (Å²) >= 11 is 0. The van der Waals surface area contributed by atoms with Crippen LogP contribution in [0.25, 0.3) is 11.0 Å². The fourth-order valence-corrected chi connectivity index (χ4v) is 3.15. The summed E-state index contributed by atoms with van der Waals surface area (Å²) in [5.74, 6) is -0.115. The van der Waals surface area contributed by atoms with Crippen LogP contribution in [-0.4, -0.2) is 28.1 Å². The largest absolute Gasteiger partial charge is 0.495 e. The van der Waals surface area contributed by atoms with Crippen molar-refractivity contribution in [1.29, 1.82) is 0 Å². The molecule has 8 nitrogen and oxygen atoms in total. The Morgan fingerprint density at radius 3 is 2.32 bits per heavy atom. The van der Waals surface area contributed by atoms with E-state index in [0.717, 1.165) is 5.52 Å². The number of carbonyl (C=O) groups excluding carboxylic acids is 2. The second kappa shape index (κ2) is 7.99. The summed E-state index contributed by atoms with van der Waals surface area (Å²) in [6.45, 7) is 3.68. The Bertz CT molecular complexity index is 1100. The average molecular weight is 382 g/mol. The van der Waals surface area contributed by atoms with Gasteiger partial charge in [0.2, 0.25) is 11.8 Å². The molecule has 0 radical (unpaired) electrons. The summed E-state index contributed by atoms with van der Waals surface area (Å²) in [5, 5.41) is 5.42. The van der Waals surface area contributed by atoms with Gasteiger partial charge in [0.05, 0.1) is 23.8 Å². The molecule has 0 aliphatic rings. The number of fused-ring (bicyclic) bond motifs is 1. The minimum Gasteiger partial charge on any atom is -0.495 e. The van der Waals surface area contributed by atoms with Crippen molar-refractivity contribution in [2.45, 2.75) is 26.9 Å². The highest BCUT2D eigenvalue weighted by molar-refractivity contribution is 5.95. The molecule has 1 aromatic heterocycles. The lowest BCUT2D eigenvalue weighted by Gasteiger charge is -2.12. The number of nitrogens with zero attached hydrogens (tertiary/aromatic N) is 2. The van der Waals surface area contributed by atoms with Gasteiger partial charge in [0, 0.05) is 19.2 Å². The number of benzene rings is 2. The predicted molar refractivity (Wildman–Crippen MR) is 108 cm³/mol. The Kier molecular flexibility index (Phi) is 5.49. The lowest BCUT2D eigenvalue weighted by atomic mass is 10.2. The summed E-state index contributed by atoms with van der Waals surface area (Å²) in [7, 11) is 1.49. The molecule has 0 unspecified atom stereocenters. The number of rotatable bonds is 6. The monoisotopic (exact) mass is 382 g/mol. The fraction of sp³-hybridized carbons (Fsp3) is 0.250. The highest BCUT2D eigenvalue weighted by Crippen LogP contribution is 2.27. The number of para-hydroxylation sites is 2. The van der Waals surface area contributed by atoms with Crippen molar-refractivity contribution in [2.24, 2.45) is 0 Å². The van der Waals surface area contributed by atoms with Gasteiger partial charge in [-0.15, -0.1) is 0 Å². The molecule has 0 bridgehead atoms. The van der Waals surface area contributed by atoms with Gasteiger partial charge in [0.25, 0.3) is 0 Å². The van der Waals surface area contributed by atoms with E-state index in [0.29, 0.717) is 29.2 Å². The Hall–Kier alpha value is -3.55. The maximum absolute atomic E-state index is 12.6. The Morgan fingerprint density at radius 1 is 1.04 bits per heavy atom. The third-order valence-electron chi connectivity index (χ3n) is 4.34. The number of nitrogens with one attached hydrogen (secondary N) is 2. The van der Waals surface area contributed by atoms with E-state index in [9.17, 15) is 14.4 Å². The Morgan fingerprint density at radius 2 is 1.71 bits per heavy atom. The first-order chi connectivity index (χ1) is 13.4. The highest BCUT2D eigenvalue weighted by Gasteiger charge is 2.15. The molecule has 2 N–H and O–H groups in total. The van der Waals surface area contributed by atoms with Crippen LogP contribution < -0.4 is 21.1 Å². The number of anilines is 2. The van der Waals surface area contributed by atoms with Crippen molar-refractivity contribution >= 4 is 34.2 Å². The first-order valence-corrected chi connectivity index (χ1v) is 8.88. The first kappa shape index (κ1) is 19.2. The number of aryl methyl sites for hydroxylation is 1. The summed E-state index contributed by atoms with van der Waals surface area (Å²) in [5.41, 5.74) is 2.21. The summed E-state index contributed by atoms with van der Waals surface area (Å²) in [6.07, 6.45) is 0. The lowest BCUT2D eigenvalue weighted by molar-refractivity contribution is -0.117. The third kappa shape index (κ3) is 3.75. The number of ether oxygens (including phenoxy) is 1. The van der Waals surface area contributed by atoms with Crippen LogP contribution in [0, 0.1) is 0 Å². The van der Waals surface area contributed by atoms with Crippen molar-refractivity contribution in [2.75, 3.05) is 17.7 Å². The van der Waals surface area contributed by atoms with Gasteiger partial charge >= 0.3 is 5.69 Å².